The first-order valence-corrected chi connectivity index (χ1v) is 7.49. The van der Waals surface area contributed by atoms with Gasteiger partial charge in [0, 0.05) is 30.9 Å². The number of rotatable bonds is 7. The van der Waals surface area contributed by atoms with Crippen LogP contribution in [0.2, 0.25) is 0 Å². The highest BCUT2D eigenvalue weighted by atomic mass is 16.5. The van der Waals surface area contributed by atoms with E-state index in [2.05, 4.69) is 61.2 Å². The van der Waals surface area contributed by atoms with Crippen LogP contribution < -0.4 is 4.74 Å². The van der Waals surface area contributed by atoms with Gasteiger partial charge in [0.25, 0.3) is 0 Å². The molecule has 2 rings (SSSR count). The molecule has 1 unspecified atom stereocenters. The number of hydrogen-bond donors (Lipinski definition) is 0. The topological polar surface area (TPSA) is 25.4 Å². The second-order valence-electron chi connectivity index (χ2n) is 5.48. The molecule has 0 aliphatic rings. The van der Waals surface area contributed by atoms with E-state index in [1.54, 1.807) is 6.20 Å². The zero-order valence-corrected chi connectivity index (χ0v) is 13.1. The van der Waals surface area contributed by atoms with Crippen LogP contribution in [0.3, 0.4) is 0 Å². The summed E-state index contributed by atoms with van der Waals surface area (Å²) in [7, 11) is 4.16. The Labute approximate surface area is 127 Å². The van der Waals surface area contributed by atoms with Crippen molar-refractivity contribution in [3.8, 4) is 5.75 Å². The molecule has 0 aliphatic carbocycles. The van der Waals surface area contributed by atoms with E-state index in [1.165, 1.54) is 5.56 Å². The van der Waals surface area contributed by atoms with E-state index in [4.69, 9.17) is 4.74 Å². The average molecular weight is 284 g/mol. The maximum absolute atomic E-state index is 6.18. The second-order valence-corrected chi connectivity index (χ2v) is 5.48. The van der Waals surface area contributed by atoms with Crippen molar-refractivity contribution in [1.29, 1.82) is 0 Å². The first kappa shape index (κ1) is 15.5. The third-order valence-electron chi connectivity index (χ3n) is 3.50. The summed E-state index contributed by atoms with van der Waals surface area (Å²) in [5, 5.41) is 0. The van der Waals surface area contributed by atoms with Crippen LogP contribution in [-0.2, 0) is 6.42 Å². The Morgan fingerprint density at radius 3 is 2.48 bits per heavy atom. The van der Waals surface area contributed by atoms with Gasteiger partial charge in [0.15, 0.2) is 0 Å². The molecule has 0 fully saturated rings. The second kappa shape index (κ2) is 7.79. The van der Waals surface area contributed by atoms with Gasteiger partial charge in [-0.1, -0.05) is 25.1 Å². The van der Waals surface area contributed by atoms with Crippen molar-refractivity contribution < 1.29 is 4.74 Å². The van der Waals surface area contributed by atoms with E-state index in [1.807, 2.05) is 12.3 Å². The number of benzene rings is 1. The molecule has 0 N–H and O–H groups in total. The van der Waals surface area contributed by atoms with E-state index < -0.39 is 0 Å². The molecule has 0 radical (unpaired) electrons. The highest BCUT2D eigenvalue weighted by molar-refractivity contribution is 5.28. The minimum Gasteiger partial charge on any atom is -0.486 e. The summed E-state index contributed by atoms with van der Waals surface area (Å²) in [5.74, 6) is 0.916. The van der Waals surface area contributed by atoms with Crippen LogP contribution in [-0.4, -0.2) is 30.5 Å². The van der Waals surface area contributed by atoms with Crippen LogP contribution in [0.5, 0.6) is 5.75 Å². The maximum atomic E-state index is 6.18. The molecule has 0 bridgehead atoms. The van der Waals surface area contributed by atoms with Crippen molar-refractivity contribution in [1.82, 2.24) is 9.88 Å². The van der Waals surface area contributed by atoms with Gasteiger partial charge in [-0.25, -0.2) is 0 Å². The lowest BCUT2D eigenvalue weighted by Gasteiger charge is -2.21. The van der Waals surface area contributed by atoms with Crippen molar-refractivity contribution in [2.45, 2.75) is 25.9 Å². The summed E-state index contributed by atoms with van der Waals surface area (Å²) in [6, 6.07) is 12.4. The third kappa shape index (κ3) is 4.87. The molecule has 1 aromatic carbocycles. The molecule has 21 heavy (non-hydrogen) atoms. The molecule has 0 amide bonds. The summed E-state index contributed by atoms with van der Waals surface area (Å²) in [6.07, 6.45) is 5.71. The fourth-order valence-corrected chi connectivity index (χ4v) is 2.20. The lowest BCUT2D eigenvalue weighted by atomic mass is 10.1. The van der Waals surface area contributed by atoms with Crippen LogP contribution >= 0.6 is 0 Å². The third-order valence-corrected chi connectivity index (χ3v) is 3.50. The van der Waals surface area contributed by atoms with Gasteiger partial charge in [-0.3, -0.25) is 4.98 Å². The molecule has 2 aromatic rings. The fraction of sp³-hybridized carbons (Fsp3) is 0.389. The number of hydrogen-bond acceptors (Lipinski definition) is 3. The van der Waals surface area contributed by atoms with Gasteiger partial charge in [-0.15, -0.1) is 0 Å². The van der Waals surface area contributed by atoms with Crippen molar-refractivity contribution in [2.24, 2.45) is 0 Å². The van der Waals surface area contributed by atoms with E-state index >= 15 is 0 Å². The number of nitrogens with zero attached hydrogens (tertiary/aromatic N) is 2. The number of aromatic nitrogens is 1. The molecule has 3 heteroatoms. The Bertz CT molecular complexity index is 523. The Morgan fingerprint density at radius 1 is 1.14 bits per heavy atom. The molecular formula is C18H24N2O. The van der Waals surface area contributed by atoms with Gasteiger partial charge >= 0.3 is 0 Å². The van der Waals surface area contributed by atoms with Crippen LogP contribution in [0.15, 0.2) is 48.8 Å². The largest absolute Gasteiger partial charge is 0.486 e. The molecule has 0 aliphatic heterocycles. The summed E-state index contributed by atoms with van der Waals surface area (Å²) in [6.45, 7) is 3.14. The van der Waals surface area contributed by atoms with Crippen LogP contribution in [0.1, 0.15) is 30.6 Å². The zero-order valence-electron chi connectivity index (χ0n) is 13.1. The van der Waals surface area contributed by atoms with Crippen molar-refractivity contribution in [3.05, 3.63) is 59.9 Å². The standard InChI is InChI=1S/C18H24N2O/c1-4-15-7-9-17(10-8-15)21-18(11-13-20(2)3)16-6-5-12-19-14-16/h5-10,12,14,18H,4,11,13H2,1-3H3. The van der Waals surface area contributed by atoms with Gasteiger partial charge in [0.2, 0.25) is 0 Å². The Morgan fingerprint density at radius 2 is 1.90 bits per heavy atom. The quantitative estimate of drug-likeness (QED) is 0.775. The Kier molecular flexibility index (Phi) is 5.76. The number of ether oxygens (including phenoxy) is 1. The van der Waals surface area contributed by atoms with Crippen molar-refractivity contribution >= 4 is 0 Å². The fourth-order valence-electron chi connectivity index (χ4n) is 2.20. The summed E-state index contributed by atoms with van der Waals surface area (Å²) < 4.78 is 6.18. The van der Waals surface area contributed by atoms with Gasteiger partial charge < -0.3 is 9.64 Å². The molecule has 112 valence electrons. The highest BCUT2D eigenvalue weighted by Crippen LogP contribution is 2.24. The number of aryl methyl sites for hydroxylation is 1. The minimum atomic E-state index is 0.0357. The molecule has 1 aromatic heterocycles. The SMILES string of the molecule is CCc1ccc(OC(CCN(C)C)c2cccnc2)cc1. The Balaban J connectivity index is 2.10. The molecule has 1 atom stereocenters. The van der Waals surface area contributed by atoms with E-state index in [0.717, 1.165) is 30.7 Å². The predicted molar refractivity (Wildman–Crippen MR) is 86.6 cm³/mol. The van der Waals surface area contributed by atoms with E-state index in [0.29, 0.717) is 0 Å². The maximum Gasteiger partial charge on any atom is 0.126 e. The molecule has 0 spiro atoms. The normalized spacial score (nSPS) is 12.4. The van der Waals surface area contributed by atoms with Crippen LogP contribution in [0.4, 0.5) is 0 Å². The molecule has 0 saturated heterocycles. The first-order valence-electron chi connectivity index (χ1n) is 7.49. The zero-order chi connectivity index (χ0) is 15.1. The first-order chi connectivity index (χ1) is 10.2. The lowest BCUT2D eigenvalue weighted by Crippen LogP contribution is -2.18. The van der Waals surface area contributed by atoms with Crippen LogP contribution in [0.25, 0.3) is 0 Å². The van der Waals surface area contributed by atoms with E-state index in [-0.39, 0.29) is 6.10 Å². The van der Waals surface area contributed by atoms with Gasteiger partial charge in [0.05, 0.1) is 0 Å². The van der Waals surface area contributed by atoms with Gasteiger partial charge in [-0.2, -0.15) is 0 Å². The van der Waals surface area contributed by atoms with E-state index in [9.17, 15) is 0 Å². The van der Waals surface area contributed by atoms with Crippen molar-refractivity contribution in [3.63, 3.8) is 0 Å². The lowest BCUT2D eigenvalue weighted by molar-refractivity contribution is 0.179. The van der Waals surface area contributed by atoms with Gasteiger partial charge in [0.1, 0.15) is 11.9 Å². The smallest absolute Gasteiger partial charge is 0.126 e. The molecule has 0 saturated carbocycles. The molecule has 1 heterocycles. The number of pyridine rings is 1. The monoisotopic (exact) mass is 284 g/mol. The summed E-state index contributed by atoms with van der Waals surface area (Å²) >= 11 is 0. The Hall–Kier alpha value is -1.87. The summed E-state index contributed by atoms with van der Waals surface area (Å²) in [5.41, 5.74) is 2.45. The van der Waals surface area contributed by atoms with Crippen LogP contribution in [0, 0.1) is 0 Å². The van der Waals surface area contributed by atoms with Crippen molar-refractivity contribution in [2.75, 3.05) is 20.6 Å². The molecule has 3 nitrogen and oxygen atoms in total. The average Bonchev–Trinajstić information content (AvgIpc) is 2.52. The predicted octanol–water partition coefficient (Wildman–Crippen LogP) is 3.72. The summed E-state index contributed by atoms with van der Waals surface area (Å²) in [4.78, 5) is 6.38. The minimum absolute atomic E-state index is 0.0357. The molecular weight excluding hydrogens is 260 g/mol. The van der Waals surface area contributed by atoms with Gasteiger partial charge in [-0.05, 0) is 44.3 Å². The highest BCUT2D eigenvalue weighted by Gasteiger charge is 2.14.